The second-order valence-corrected chi connectivity index (χ2v) is 4.36. The van der Waals surface area contributed by atoms with E-state index in [-0.39, 0.29) is 10.9 Å². The number of rotatable bonds is 3. The van der Waals surface area contributed by atoms with Gasteiger partial charge < -0.3 is 14.9 Å². The van der Waals surface area contributed by atoms with Gasteiger partial charge in [0, 0.05) is 12.3 Å². The predicted molar refractivity (Wildman–Crippen MR) is 67.5 cm³/mol. The van der Waals surface area contributed by atoms with Crippen LogP contribution in [-0.2, 0) is 4.74 Å². The molecule has 7 nitrogen and oxygen atoms in total. The Kier molecular flexibility index (Phi) is 3.36. The molecule has 0 saturated carbocycles. The molecular formula is C11H11ClN2O5. The number of nitrogens with zero attached hydrogens (tertiary/aromatic N) is 1. The second kappa shape index (κ2) is 4.69. The first kappa shape index (κ1) is 13.6. The van der Waals surface area contributed by atoms with E-state index in [1.54, 1.807) is 0 Å². The fraction of sp³-hybridized carbons (Fsp3) is 0.273. The molecule has 2 atom stereocenters. The maximum Gasteiger partial charge on any atom is 0.335 e. The molecule has 2 heterocycles. The van der Waals surface area contributed by atoms with Gasteiger partial charge in [0.1, 0.15) is 11.1 Å². The molecule has 0 bridgehead atoms. The molecule has 0 unspecified atom stereocenters. The average Bonchev–Trinajstić information content (AvgIpc) is 2.64. The van der Waals surface area contributed by atoms with Crippen LogP contribution in [0.25, 0.3) is 5.88 Å². The van der Waals surface area contributed by atoms with Gasteiger partial charge in [-0.2, -0.15) is 0 Å². The molecule has 0 radical (unpaired) electrons. The second-order valence-electron chi connectivity index (χ2n) is 3.96. The molecule has 0 amide bonds. The lowest BCUT2D eigenvalue weighted by atomic mass is 9.99. The number of aliphatic hydroxyl groups excluding tert-OH is 2. The molecule has 8 heteroatoms. The highest BCUT2D eigenvalue weighted by Crippen LogP contribution is 2.38. The molecule has 0 aliphatic carbocycles. The van der Waals surface area contributed by atoms with Crippen molar-refractivity contribution in [1.29, 1.82) is 0 Å². The average molecular weight is 287 g/mol. The van der Waals surface area contributed by atoms with Gasteiger partial charge >= 0.3 is 5.69 Å². The van der Waals surface area contributed by atoms with Gasteiger partial charge in [0.15, 0.2) is 5.60 Å². The Bertz CT molecular complexity index is 662. The van der Waals surface area contributed by atoms with Crippen LogP contribution in [0.1, 0.15) is 0 Å². The minimum atomic E-state index is -1.51. The van der Waals surface area contributed by atoms with Gasteiger partial charge in [0.25, 0.3) is 5.56 Å². The van der Waals surface area contributed by atoms with Gasteiger partial charge in [-0.1, -0.05) is 18.2 Å². The standard InChI is InChI=1S/C11H11ClN2O5/c1-2-11(5-15)8(17)7(12)9(19-11)14-4-3-6(16)13-10(14)18/h2-4,8,15,17H,1,5H2,(H,13,16,18)/t8-,11+/m0/s1. The zero-order chi connectivity index (χ0) is 14.2. The van der Waals surface area contributed by atoms with Gasteiger partial charge in [0.05, 0.1) is 6.61 Å². The third-order valence-electron chi connectivity index (χ3n) is 2.83. The van der Waals surface area contributed by atoms with Crippen LogP contribution in [0.2, 0.25) is 0 Å². The Balaban J connectivity index is 2.55. The lowest BCUT2D eigenvalue weighted by Crippen LogP contribution is -2.42. The fourth-order valence-electron chi connectivity index (χ4n) is 1.69. The highest BCUT2D eigenvalue weighted by molar-refractivity contribution is 6.32. The van der Waals surface area contributed by atoms with E-state index in [0.29, 0.717) is 0 Å². The number of hydrogen-bond donors (Lipinski definition) is 3. The van der Waals surface area contributed by atoms with Crippen LogP contribution in [0, 0.1) is 0 Å². The molecule has 1 aromatic rings. The number of aliphatic hydroxyl groups is 2. The zero-order valence-electron chi connectivity index (χ0n) is 9.67. The van der Waals surface area contributed by atoms with E-state index >= 15 is 0 Å². The molecule has 0 spiro atoms. The molecule has 0 aromatic carbocycles. The number of ether oxygens (including phenoxy) is 1. The van der Waals surface area contributed by atoms with E-state index in [0.717, 1.165) is 16.8 Å². The molecular weight excluding hydrogens is 276 g/mol. The lowest BCUT2D eigenvalue weighted by Gasteiger charge is -2.26. The van der Waals surface area contributed by atoms with Gasteiger partial charge in [0.2, 0.25) is 5.88 Å². The van der Waals surface area contributed by atoms with Crippen molar-refractivity contribution >= 4 is 17.5 Å². The Hall–Kier alpha value is -1.83. The fourth-order valence-corrected chi connectivity index (χ4v) is 2.01. The Morgan fingerprint density at radius 3 is 2.79 bits per heavy atom. The number of hydrogen-bond acceptors (Lipinski definition) is 5. The Labute approximate surface area is 112 Å². The van der Waals surface area contributed by atoms with Crippen LogP contribution >= 0.6 is 11.6 Å². The van der Waals surface area contributed by atoms with Crippen LogP contribution in [0.3, 0.4) is 0 Å². The van der Waals surface area contributed by atoms with Crippen LogP contribution in [0.15, 0.2) is 39.5 Å². The van der Waals surface area contributed by atoms with Crippen molar-refractivity contribution in [3.05, 3.63) is 50.8 Å². The van der Waals surface area contributed by atoms with Crippen molar-refractivity contribution < 1.29 is 14.9 Å². The van der Waals surface area contributed by atoms with Crippen molar-refractivity contribution in [3.8, 4) is 0 Å². The molecule has 19 heavy (non-hydrogen) atoms. The number of nitrogens with one attached hydrogen (secondary N) is 1. The predicted octanol–water partition coefficient (Wildman–Crippen LogP) is -0.790. The molecule has 102 valence electrons. The monoisotopic (exact) mass is 286 g/mol. The number of H-pyrrole nitrogens is 1. The number of aromatic amines is 1. The smallest absolute Gasteiger partial charge is 0.335 e. The first-order valence-electron chi connectivity index (χ1n) is 5.29. The van der Waals surface area contributed by atoms with E-state index in [1.807, 2.05) is 4.98 Å². The largest absolute Gasteiger partial charge is 0.461 e. The summed E-state index contributed by atoms with van der Waals surface area (Å²) in [6, 6.07) is 1.10. The highest BCUT2D eigenvalue weighted by Gasteiger charge is 2.47. The summed E-state index contributed by atoms with van der Waals surface area (Å²) >= 11 is 5.91. The first-order chi connectivity index (χ1) is 8.95. The third-order valence-corrected chi connectivity index (χ3v) is 3.20. The quantitative estimate of drug-likeness (QED) is 0.632. The topological polar surface area (TPSA) is 105 Å². The van der Waals surface area contributed by atoms with E-state index in [9.17, 15) is 19.8 Å². The highest BCUT2D eigenvalue weighted by atomic mass is 35.5. The summed E-state index contributed by atoms with van der Waals surface area (Å²) in [4.78, 5) is 24.6. The summed E-state index contributed by atoms with van der Waals surface area (Å²) in [5.41, 5.74) is -2.86. The summed E-state index contributed by atoms with van der Waals surface area (Å²) in [6.45, 7) is 2.89. The van der Waals surface area contributed by atoms with Crippen molar-refractivity contribution in [2.75, 3.05) is 6.61 Å². The maximum absolute atomic E-state index is 11.6. The van der Waals surface area contributed by atoms with Crippen LogP contribution in [-0.4, -0.2) is 38.1 Å². The minimum absolute atomic E-state index is 0.163. The zero-order valence-corrected chi connectivity index (χ0v) is 10.4. The van der Waals surface area contributed by atoms with E-state index < -0.39 is 29.6 Å². The normalized spacial score (nSPS) is 26.4. The van der Waals surface area contributed by atoms with Crippen LogP contribution in [0.4, 0.5) is 0 Å². The summed E-state index contributed by atoms with van der Waals surface area (Å²) in [6.07, 6.45) is 0.997. The molecule has 0 saturated heterocycles. The van der Waals surface area contributed by atoms with Crippen molar-refractivity contribution in [2.45, 2.75) is 11.7 Å². The Morgan fingerprint density at radius 1 is 1.63 bits per heavy atom. The van der Waals surface area contributed by atoms with Crippen LogP contribution in [0.5, 0.6) is 0 Å². The molecule has 2 rings (SSSR count). The molecule has 3 N–H and O–H groups in total. The summed E-state index contributed by atoms with van der Waals surface area (Å²) < 4.78 is 6.27. The summed E-state index contributed by atoms with van der Waals surface area (Å²) in [5, 5.41) is 19.1. The van der Waals surface area contributed by atoms with Gasteiger partial charge in [-0.15, -0.1) is 0 Å². The SMILES string of the molecule is C=C[C@]1(CO)OC(n2ccc(=O)[nH]c2=O)=C(Cl)[C@@H]1O. The van der Waals surface area contributed by atoms with Crippen molar-refractivity contribution in [2.24, 2.45) is 0 Å². The maximum atomic E-state index is 11.6. The number of aromatic nitrogens is 2. The molecule has 1 aromatic heterocycles. The minimum Gasteiger partial charge on any atom is -0.461 e. The molecule has 0 fully saturated rings. The van der Waals surface area contributed by atoms with Gasteiger partial charge in [-0.05, 0) is 6.08 Å². The molecule has 1 aliphatic heterocycles. The van der Waals surface area contributed by atoms with E-state index in [2.05, 4.69) is 6.58 Å². The number of halogens is 1. The third kappa shape index (κ3) is 2.01. The summed E-state index contributed by atoms with van der Waals surface area (Å²) in [5.74, 6) is -0.163. The lowest BCUT2D eigenvalue weighted by molar-refractivity contribution is -0.0343. The first-order valence-corrected chi connectivity index (χ1v) is 5.66. The van der Waals surface area contributed by atoms with Crippen molar-refractivity contribution in [1.82, 2.24) is 9.55 Å². The summed E-state index contributed by atoms with van der Waals surface area (Å²) in [7, 11) is 0. The van der Waals surface area contributed by atoms with Gasteiger partial charge in [-0.3, -0.25) is 9.78 Å². The van der Waals surface area contributed by atoms with E-state index in [1.165, 1.54) is 6.08 Å². The van der Waals surface area contributed by atoms with E-state index in [4.69, 9.17) is 16.3 Å². The Morgan fingerprint density at radius 2 is 2.32 bits per heavy atom. The van der Waals surface area contributed by atoms with Crippen LogP contribution < -0.4 is 11.2 Å². The molecule has 1 aliphatic rings. The van der Waals surface area contributed by atoms with Crippen molar-refractivity contribution in [3.63, 3.8) is 0 Å². The van der Waals surface area contributed by atoms with Gasteiger partial charge in [-0.25, -0.2) is 9.36 Å².